The third-order valence-electron chi connectivity index (χ3n) is 2.78. The highest BCUT2D eigenvalue weighted by molar-refractivity contribution is 9.10. The van der Waals surface area contributed by atoms with Gasteiger partial charge in [0, 0.05) is 13.1 Å². The molecule has 18 heavy (non-hydrogen) atoms. The second-order valence-corrected chi connectivity index (χ2v) is 4.90. The first-order valence-corrected chi connectivity index (χ1v) is 6.93. The Morgan fingerprint density at radius 2 is 2.22 bits per heavy atom. The predicted octanol–water partition coefficient (Wildman–Crippen LogP) is 2.95. The lowest BCUT2D eigenvalue weighted by Crippen LogP contribution is -2.04. The Kier molecular flexibility index (Phi) is 4.54. The summed E-state index contributed by atoms with van der Waals surface area (Å²) in [5.74, 6) is 0.754. The summed E-state index contributed by atoms with van der Waals surface area (Å²) in [4.78, 5) is 0. The number of hydrogen-bond acceptors (Lipinski definition) is 4. The lowest BCUT2D eigenvalue weighted by Gasteiger charge is -2.04. The van der Waals surface area contributed by atoms with Crippen LogP contribution in [0.4, 0.5) is 0 Å². The zero-order chi connectivity index (χ0) is 13.0. The quantitative estimate of drug-likeness (QED) is 0.832. The summed E-state index contributed by atoms with van der Waals surface area (Å²) in [5.41, 5.74) is 7.35. The summed E-state index contributed by atoms with van der Waals surface area (Å²) >= 11 is 3.30. The van der Waals surface area contributed by atoms with E-state index >= 15 is 0 Å². The summed E-state index contributed by atoms with van der Waals surface area (Å²) in [7, 11) is 0. The monoisotopic (exact) mass is 312 g/mol. The SMILES string of the molecule is CCCCCn1nnc(CN)c1-c1ccc(Br)o1. The van der Waals surface area contributed by atoms with E-state index in [2.05, 4.69) is 33.2 Å². The molecule has 0 spiro atoms. The number of halogens is 1. The molecule has 0 fully saturated rings. The van der Waals surface area contributed by atoms with Crippen molar-refractivity contribution in [2.24, 2.45) is 5.73 Å². The van der Waals surface area contributed by atoms with Gasteiger partial charge >= 0.3 is 0 Å². The normalized spacial score (nSPS) is 11.1. The first kappa shape index (κ1) is 13.3. The van der Waals surface area contributed by atoms with Crippen molar-refractivity contribution in [1.82, 2.24) is 15.0 Å². The fraction of sp³-hybridized carbons (Fsp3) is 0.500. The van der Waals surface area contributed by atoms with Gasteiger partial charge in [0.2, 0.25) is 0 Å². The molecule has 2 N–H and O–H groups in total. The van der Waals surface area contributed by atoms with Crippen LogP contribution in [0.5, 0.6) is 0 Å². The van der Waals surface area contributed by atoms with Gasteiger partial charge < -0.3 is 10.2 Å². The Labute approximate surface area is 114 Å². The third-order valence-corrected chi connectivity index (χ3v) is 3.20. The van der Waals surface area contributed by atoms with E-state index in [-0.39, 0.29) is 0 Å². The average Bonchev–Trinajstić information content (AvgIpc) is 2.95. The molecule has 2 aromatic rings. The number of rotatable bonds is 6. The molecule has 0 aromatic carbocycles. The number of aromatic nitrogens is 3. The van der Waals surface area contributed by atoms with Gasteiger partial charge in [0.25, 0.3) is 0 Å². The van der Waals surface area contributed by atoms with E-state index in [1.807, 2.05) is 16.8 Å². The van der Waals surface area contributed by atoms with Crippen molar-refractivity contribution in [2.45, 2.75) is 39.3 Å². The van der Waals surface area contributed by atoms with Crippen LogP contribution in [0, 0.1) is 0 Å². The van der Waals surface area contributed by atoms with Crippen LogP contribution in [0.2, 0.25) is 0 Å². The molecular formula is C12H17BrN4O. The second kappa shape index (κ2) is 6.15. The van der Waals surface area contributed by atoms with Crippen LogP contribution >= 0.6 is 15.9 Å². The fourth-order valence-corrected chi connectivity index (χ4v) is 2.17. The van der Waals surface area contributed by atoms with Gasteiger partial charge in [-0.25, -0.2) is 4.68 Å². The molecule has 2 rings (SSSR count). The maximum Gasteiger partial charge on any atom is 0.169 e. The number of unbranched alkanes of at least 4 members (excludes halogenated alkanes) is 2. The molecule has 0 radical (unpaired) electrons. The van der Waals surface area contributed by atoms with Gasteiger partial charge in [0.15, 0.2) is 10.4 Å². The van der Waals surface area contributed by atoms with Gasteiger partial charge in [0.05, 0.1) is 0 Å². The molecule has 0 saturated heterocycles. The van der Waals surface area contributed by atoms with Crippen LogP contribution in [-0.4, -0.2) is 15.0 Å². The number of nitrogens with two attached hydrogens (primary N) is 1. The number of hydrogen-bond donors (Lipinski definition) is 1. The molecule has 0 saturated carbocycles. The van der Waals surface area contributed by atoms with Crippen molar-refractivity contribution in [2.75, 3.05) is 0 Å². The zero-order valence-corrected chi connectivity index (χ0v) is 12.0. The highest BCUT2D eigenvalue weighted by Crippen LogP contribution is 2.27. The molecule has 98 valence electrons. The maximum atomic E-state index is 5.69. The molecule has 5 nitrogen and oxygen atoms in total. The topological polar surface area (TPSA) is 69.9 Å². The van der Waals surface area contributed by atoms with E-state index in [4.69, 9.17) is 10.2 Å². The van der Waals surface area contributed by atoms with Crippen molar-refractivity contribution in [3.05, 3.63) is 22.5 Å². The van der Waals surface area contributed by atoms with Crippen LogP contribution in [0.25, 0.3) is 11.5 Å². The lowest BCUT2D eigenvalue weighted by molar-refractivity contribution is 0.517. The van der Waals surface area contributed by atoms with Crippen LogP contribution in [-0.2, 0) is 13.1 Å². The summed E-state index contributed by atoms with van der Waals surface area (Å²) in [5, 5.41) is 8.27. The van der Waals surface area contributed by atoms with Gasteiger partial charge in [-0.05, 0) is 34.5 Å². The van der Waals surface area contributed by atoms with Crippen LogP contribution in [0.3, 0.4) is 0 Å². The second-order valence-electron chi connectivity index (χ2n) is 4.12. The molecule has 0 aliphatic rings. The van der Waals surface area contributed by atoms with E-state index < -0.39 is 0 Å². The number of furan rings is 1. The highest BCUT2D eigenvalue weighted by Gasteiger charge is 2.16. The Morgan fingerprint density at radius 1 is 1.39 bits per heavy atom. The molecule has 0 aliphatic heterocycles. The largest absolute Gasteiger partial charge is 0.448 e. The Bertz CT molecular complexity index is 506. The van der Waals surface area contributed by atoms with Crippen molar-refractivity contribution in [1.29, 1.82) is 0 Å². The smallest absolute Gasteiger partial charge is 0.169 e. The average molecular weight is 313 g/mol. The van der Waals surface area contributed by atoms with Crippen LogP contribution in [0.15, 0.2) is 21.2 Å². The van der Waals surface area contributed by atoms with Crippen molar-refractivity contribution in [3.8, 4) is 11.5 Å². The molecule has 0 amide bonds. The Morgan fingerprint density at radius 3 is 2.83 bits per heavy atom. The van der Waals surface area contributed by atoms with Crippen molar-refractivity contribution < 1.29 is 4.42 Å². The van der Waals surface area contributed by atoms with Gasteiger partial charge in [0.1, 0.15) is 11.4 Å². The van der Waals surface area contributed by atoms with Gasteiger partial charge in [-0.1, -0.05) is 25.0 Å². The standard InChI is InChI=1S/C12H17BrN4O/c1-2-3-4-7-17-12(9(8-14)15-16-17)10-5-6-11(13)18-10/h5-6H,2-4,7-8,14H2,1H3. The van der Waals surface area contributed by atoms with E-state index in [1.54, 1.807) is 0 Å². The summed E-state index contributed by atoms with van der Waals surface area (Å²) in [6, 6.07) is 3.76. The first-order chi connectivity index (χ1) is 8.76. The number of nitrogens with zero attached hydrogens (tertiary/aromatic N) is 3. The van der Waals surface area contributed by atoms with E-state index in [1.165, 1.54) is 12.8 Å². The summed E-state index contributed by atoms with van der Waals surface area (Å²) in [6.45, 7) is 3.38. The molecule has 2 aromatic heterocycles. The van der Waals surface area contributed by atoms with E-state index in [9.17, 15) is 0 Å². The van der Waals surface area contributed by atoms with Gasteiger partial charge in [-0.15, -0.1) is 5.10 Å². The molecule has 0 bridgehead atoms. The van der Waals surface area contributed by atoms with Crippen LogP contribution < -0.4 is 5.73 Å². The Hall–Kier alpha value is -1.14. The minimum absolute atomic E-state index is 0.363. The fourth-order valence-electron chi connectivity index (χ4n) is 1.87. The van der Waals surface area contributed by atoms with Gasteiger partial charge in [-0.3, -0.25) is 0 Å². The Balaban J connectivity index is 2.27. The minimum atomic E-state index is 0.363. The lowest BCUT2D eigenvalue weighted by atomic mass is 10.2. The first-order valence-electron chi connectivity index (χ1n) is 6.14. The third kappa shape index (κ3) is 2.81. The van der Waals surface area contributed by atoms with Gasteiger partial charge in [-0.2, -0.15) is 0 Å². The van der Waals surface area contributed by atoms with E-state index in [0.29, 0.717) is 11.2 Å². The maximum absolute atomic E-state index is 5.69. The highest BCUT2D eigenvalue weighted by atomic mass is 79.9. The van der Waals surface area contributed by atoms with E-state index in [0.717, 1.165) is 30.1 Å². The molecule has 6 heteroatoms. The molecule has 0 atom stereocenters. The molecule has 0 aliphatic carbocycles. The number of aryl methyl sites for hydroxylation is 1. The zero-order valence-electron chi connectivity index (χ0n) is 10.4. The molecule has 0 unspecified atom stereocenters. The van der Waals surface area contributed by atoms with Crippen molar-refractivity contribution >= 4 is 15.9 Å². The molecular weight excluding hydrogens is 296 g/mol. The summed E-state index contributed by atoms with van der Waals surface area (Å²) < 4.78 is 8.15. The minimum Gasteiger partial charge on any atom is -0.448 e. The molecule has 2 heterocycles. The predicted molar refractivity (Wildman–Crippen MR) is 72.8 cm³/mol. The summed E-state index contributed by atoms with van der Waals surface area (Å²) in [6.07, 6.45) is 3.44. The van der Waals surface area contributed by atoms with Crippen molar-refractivity contribution in [3.63, 3.8) is 0 Å². The van der Waals surface area contributed by atoms with Crippen LogP contribution in [0.1, 0.15) is 31.9 Å².